The first-order valence-corrected chi connectivity index (χ1v) is 10.0. The van der Waals surface area contributed by atoms with Crippen LogP contribution in [0.15, 0.2) is 48.5 Å². The van der Waals surface area contributed by atoms with Gasteiger partial charge in [-0.3, -0.25) is 9.59 Å². The number of anilines is 2. The van der Waals surface area contributed by atoms with Crippen molar-refractivity contribution in [3.8, 4) is 0 Å². The van der Waals surface area contributed by atoms with Gasteiger partial charge in [-0.1, -0.05) is 59.1 Å². The van der Waals surface area contributed by atoms with Gasteiger partial charge in [0, 0.05) is 5.02 Å². The number of methoxy groups -OCH3 is 1. The van der Waals surface area contributed by atoms with E-state index in [9.17, 15) is 14.4 Å². The van der Waals surface area contributed by atoms with Crippen LogP contribution in [-0.4, -0.2) is 31.6 Å². The van der Waals surface area contributed by atoms with E-state index in [1.165, 1.54) is 19.2 Å². The van der Waals surface area contributed by atoms with E-state index in [1.807, 2.05) is 24.3 Å². The van der Waals surface area contributed by atoms with Crippen molar-refractivity contribution in [1.82, 2.24) is 5.32 Å². The molecule has 31 heavy (non-hydrogen) atoms. The highest BCUT2D eigenvalue weighted by atomic mass is 35.5. The summed E-state index contributed by atoms with van der Waals surface area (Å²) in [5, 5.41) is 9.84. The Balaban J connectivity index is 1.90. The van der Waals surface area contributed by atoms with Crippen molar-refractivity contribution in [2.24, 2.45) is 0 Å². The molecule has 0 fully saturated rings. The fraction of sp³-hybridized carbons (Fsp3) is 0.0952. The molecule has 3 N–H and O–H groups in total. The van der Waals surface area contributed by atoms with Crippen LogP contribution in [0.2, 0.25) is 15.1 Å². The largest absolute Gasteiger partial charge is 0.468 e. The number of ether oxygens (including phenoxy) is 1. The average Bonchev–Trinajstić information content (AvgIpc) is 2.73. The molecule has 0 aliphatic carbocycles. The maximum atomic E-state index is 12.7. The molecule has 0 aliphatic rings. The lowest BCUT2D eigenvalue weighted by Gasteiger charge is -2.15. The SMILES string of the molecule is COC(=O)CNC(=O)c1cc2ccccc2cc1NC(=O)Nc1c(Cl)cc(Cl)cc1Cl. The van der Waals surface area contributed by atoms with Crippen LogP contribution in [-0.2, 0) is 9.53 Å². The summed E-state index contributed by atoms with van der Waals surface area (Å²) in [5.74, 6) is -1.16. The molecule has 7 nitrogen and oxygen atoms in total. The lowest BCUT2D eigenvalue weighted by molar-refractivity contribution is -0.139. The lowest BCUT2D eigenvalue weighted by atomic mass is 10.0. The maximum absolute atomic E-state index is 12.7. The van der Waals surface area contributed by atoms with Crippen molar-refractivity contribution in [1.29, 1.82) is 0 Å². The molecule has 0 saturated carbocycles. The molecule has 0 atom stereocenters. The summed E-state index contributed by atoms with van der Waals surface area (Å²) in [6, 6.07) is 12.8. The van der Waals surface area contributed by atoms with E-state index in [4.69, 9.17) is 34.8 Å². The molecule has 0 aliphatic heterocycles. The molecule has 0 bridgehead atoms. The molecule has 0 heterocycles. The molecule has 3 rings (SSSR count). The number of hydrogen-bond acceptors (Lipinski definition) is 4. The molecule has 0 aromatic heterocycles. The molecular weight excluding hydrogens is 465 g/mol. The first-order chi connectivity index (χ1) is 14.8. The van der Waals surface area contributed by atoms with Crippen LogP contribution in [0, 0.1) is 0 Å². The van der Waals surface area contributed by atoms with Gasteiger partial charge >= 0.3 is 12.0 Å². The summed E-state index contributed by atoms with van der Waals surface area (Å²) in [6.07, 6.45) is 0. The minimum atomic E-state index is -0.677. The second-order valence-corrected chi connectivity index (χ2v) is 7.58. The van der Waals surface area contributed by atoms with Gasteiger partial charge in [0.05, 0.1) is 34.1 Å². The van der Waals surface area contributed by atoms with Gasteiger partial charge in [-0.15, -0.1) is 0 Å². The van der Waals surface area contributed by atoms with Crippen LogP contribution in [0.5, 0.6) is 0 Å². The highest BCUT2D eigenvalue weighted by molar-refractivity contribution is 6.42. The van der Waals surface area contributed by atoms with Gasteiger partial charge in [-0.2, -0.15) is 0 Å². The lowest BCUT2D eigenvalue weighted by Crippen LogP contribution is -2.31. The Labute approximate surface area is 192 Å². The van der Waals surface area contributed by atoms with Crippen LogP contribution in [0.3, 0.4) is 0 Å². The summed E-state index contributed by atoms with van der Waals surface area (Å²) < 4.78 is 4.53. The first kappa shape index (κ1) is 22.7. The average molecular weight is 481 g/mol. The third kappa shape index (κ3) is 5.58. The summed E-state index contributed by atoms with van der Waals surface area (Å²) in [4.78, 5) is 36.6. The van der Waals surface area contributed by atoms with E-state index in [0.717, 1.165) is 10.8 Å². The minimum Gasteiger partial charge on any atom is -0.468 e. The molecule has 10 heteroatoms. The predicted octanol–water partition coefficient (Wildman–Crippen LogP) is 5.35. The van der Waals surface area contributed by atoms with E-state index in [0.29, 0.717) is 5.02 Å². The first-order valence-electron chi connectivity index (χ1n) is 8.89. The number of carbonyl (C=O) groups excluding carboxylic acids is 3. The van der Waals surface area contributed by atoms with Crippen molar-refractivity contribution in [2.45, 2.75) is 0 Å². The Morgan fingerprint density at radius 2 is 1.52 bits per heavy atom. The second kappa shape index (κ2) is 9.87. The van der Waals surface area contributed by atoms with Gasteiger partial charge < -0.3 is 20.7 Å². The Kier molecular flexibility index (Phi) is 7.22. The Morgan fingerprint density at radius 1 is 0.903 bits per heavy atom. The molecule has 0 unspecified atom stereocenters. The van der Waals surface area contributed by atoms with Crippen molar-refractivity contribution < 1.29 is 19.1 Å². The number of amides is 3. The zero-order valence-corrected chi connectivity index (χ0v) is 18.4. The van der Waals surface area contributed by atoms with Gasteiger partial charge in [0.15, 0.2) is 0 Å². The van der Waals surface area contributed by atoms with Gasteiger partial charge in [0.1, 0.15) is 6.54 Å². The molecule has 0 saturated heterocycles. The molecule has 3 amide bonds. The smallest absolute Gasteiger partial charge is 0.325 e. The third-order valence-electron chi connectivity index (χ3n) is 4.25. The van der Waals surface area contributed by atoms with E-state index in [1.54, 1.807) is 12.1 Å². The van der Waals surface area contributed by atoms with Crippen LogP contribution in [0.4, 0.5) is 16.2 Å². The standard InChI is InChI=1S/C21H16Cl3N3O4/c1-31-18(28)10-25-20(29)14-6-11-4-2-3-5-12(11)7-17(14)26-21(30)27-19-15(23)8-13(22)9-16(19)24/h2-9H,10H2,1H3,(H,25,29)(H2,26,27,30). The highest BCUT2D eigenvalue weighted by Crippen LogP contribution is 2.34. The Bertz CT molecular complexity index is 1160. The fourth-order valence-corrected chi connectivity index (χ4v) is 3.69. The number of rotatable bonds is 5. The van der Waals surface area contributed by atoms with E-state index in [2.05, 4.69) is 20.7 Å². The number of hydrogen-bond donors (Lipinski definition) is 3. The van der Waals surface area contributed by atoms with Crippen molar-refractivity contribution in [3.63, 3.8) is 0 Å². The fourth-order valence-electron chi connectivity index (χ4n) is 2.78. The molecule has 0 radical (unpaired) electrons. The van der Waals surface area contributed by atoms with Crippen molar-refractivity contribution >= 4 is 74.9 Å². The van der Waals surface area contributed by atoms with Crippen LogP contribution in [0.25, 0.3) is 10.8 Å². The number of carbonyl (C=O) groups is 3. The summed E-state index contributed by atoms with van der Waals surface area (Å²) in [7, 11) is 1.22. The van der Waals surface area contributed by atoms with E-state index >= 15 is 0 Å². The van der Waals surface area contributed by atoms with Crippen LogP contribution in [0.1, 0.15) is 10.4 Å². The van der Waals surface area contributed by atoms with E-state index in [-0.39, 0.29) is 33.5 Å². The van der Waals surface area contributed by atoms with Crippen LogP contribution < -0.4 is 16.0 Å². The maximum Gasteiger partial charge on any atom is 0.325 e. The minimum absolute atomic E-state index is 0.155. The van der Waals surface area contributed by atoms with Gasteiger partial charge in [-0.05, 0) is 35.0 Å². The van der Waals surface area contributed by atoms with Gasteiger partial charge in [0.2, 0.25) is 0 Å². The van der Waals surface area contributed by atoms with Gasteiger partial charge in [-0.25, -0.2) is 4.79 Å². The molecule has 0 spiro atoms. The van der Waals surface area contributed by atoms with Gasteiger partial charge in [0.25, 0.3) is 5.91 Å². The number of esters is 1. The number of nitrogens with one attached hydrogen (secondary N) is 3. The third-order valence-corrected chi connectivity index (χ3v) is 5.06. The predicted molar refractivity (Wildman–Crippen MR) is 122 cm³/mol. The summed E-state index contributed by atoms with van der Waals surface area (Å²) in [6.45, 7) is -0.316. The Hall–Kier alpha value is -3.00. The normalized spacial score (nSPS) is 10.5. The summed E-state index contributed by atoms with van der Waals surface area (Å²) in [5.41, 5.74) is 0.550. The second-order valence-electron chi connectivity index (χ2n) is 6.33. The number of benzene rings is 3. The Morgan fingerprint density at radius 3 is 2.13 bits per heavy atom. The van der Waals surface area contributed by atoms with Crippen LogP contribution >= 0.6 is 34.8 Å². The topological polar surface area (TPSA) is 96.5 Å². The van der Waals surface area contributed by atoms with Crippen molar-refractivity contribution in [3.05, 3.63) is 69.2 Å². The number of fused-ring (bicyclic) bond motifs is 1. The van der Waals surface area contributed by atoms with Crippen molar-refractivity contribution in [2.75, 3.05) is 24.3 Å². The summed E-state index contributed by atoms with van der Waals surface area (Å²) >= 11 is 18.1. The molecule has 3 aromatic carbocycles. The number of halogens is 3. The molecule has 3 aromatic rings. The highest BCUT2D eigenvalue weighted by Gasteiger charge is 2.17. The molecule has 160 valence electrons. The molecular formula is C21H16Cl3N3O4. The quantitative estimate of drug-likeness (QED) is 0.429. The zero-order valence-electron chi connectivity index (χ0n) is 16.1. The zero-order chi connectivity index (χ0) is 22.5. The van der Waals surface area contributed by atoms with E-state index < -0.39 is 17.9 Å². The monoisotopic (exact) mass is 479 g/mol. The number of urea groups is 1.